The minimum atomic E-state index is 0.242. The normalized spacial score (nSPS) is 15.8. The van der Waals surface area contributed by atoms with E-state index in [1.807, 2.05) is 29.2 Å². The molecule has 1 aromatic rings. The fourth-order valence-electron chi connectivity index (χ4n) is 1.88. The van der Waals surface area contributed by atoms with Gasteiger partial charge in [-0.1, -0.05) is 0 Å². The number of rotatable bonds is 3. The summed E-state index contributed by atoms with van der Waals surface area (Å²) in [6.45, 7) is 3.85. The van der Waals surface area contributed by atoms with Gasteiger partial charge >= 0.3 is 0 Å². The van der Waals surface area contributed by atoms with Crippen LogP contribution in [0.15, 0.2) is 24.3 Å². The molecule has 3 nitrogen and oxygen atoms in total. The van der Waals surface area contributed by atoms with E-state index in [9.17, 15) is 4.79 Å². The van der Waals surface area contributed by atoms with Gasteiger partial charge in [0.05, 0.1) is 0 Å². The fourth-order valence-corrected chi connectivity index (χ4v) is 1.88. The Hall–Kier alpha value is -1.51. The average molecular weight is 204 g/mol. The second kappa shape index (κ2) is 4.34. The van der Waals surface area contributed by atoms with Crippen LogP contribution in [-0.2, 0) is 4.79 Å². The summed E-state index contributed by atoms with van der Waals surface area (Å²) in [6.07, 6.45) is 1.67. The number of benzene rings is 1. The summed E-state index contributed by atoms with van der Waals surface area (Å²) in [5.41, 5.74) is 2.12. The van der Waals surface area contributed by atoms with Gasteiger partial charge in [0.25, 0.3) is 0 Å². The van der Waals surface area contributed by atoms with E-state index in [1.165, 1.54) is 0 Å². The molecular weight excluding hydrogens is 188 g/mol. The third-order valence-electron chi connectivity index (χ3n) is 2.63. The van der Waals surface area contributed by atoms with Gasteiger partial charge in [0.15, 0.2) is 0 Å². The molecule has 0 saturated carbocycles. The van der Waals surface area contributed by atoms with Crippen LogP contribution in [0.25, 0.3) is 0 Å². The Morgan fingerprint density at radius 2 is 2.07 bits per heavy atom. The molecule has 3 heteroatoms. The highest BCUT2D eigenvalue weighted by atomic mass is 16.2. The van der Waals surface area contributed by atoms with Crippen LogP contribution >= 0.6 is 0 Å². The van der Waals surface area contributed by atoms with Crippen molar-refractivity contribution in [2.24, 2.45) is 0 Å². The summed E-state index contributed by atoms with van der Waals surface area (Å²) >= 11 is 0. The van der Waals surface area contributed by atoms with Gasteiger partial charge in [0.1, 0.15) is 0 Å². The fraction of sp³-hybridized carbons (Fsp3) is 0.417. The van der Waals surface area contributed by atoms with Crippen molar-refractivity contribution in [1.82, 2.24) is 0 Å². The lowest BCUT2D eigenvalue weighted by atomic mass is 10.2. The Labute approximate surface area is 90.1 Å². The molecule has 1 N–H and O–H groups in total. The molecule has 1 aromatic carbocycles. The van der Waals surface area contributed by atoms with Gasteiger partial charge in [-0.05, 0) is 37.6 Å². The largest absolute Gasteiger partial charge is 0.385 e. The number of anilines is 2. The van der Waals surface area contributed by atoms with E-state index < -0.39 is 0 Å². The Kier molecular flexibility index (Phi) is 2.90. The van der Waals surface area contributed by atoms with Gasteiger partial charge in [-0.2, -0.15) is 0 Å². The van der Waals surface area contributed by atoms with E-state index in [-0.39, 0.29) is 5.91 Å². The zero-order valence-corrected chi connectivity index (χ0v) is 8.99. The second-order valence-corrected chi connectivity index (χ2v) is 3.73. The number of nitrogens with zero attached hydrogens (tertiary/aromatic N) is 1. The molecule has 1 aliphatic heterocycles. The van der Waals surface area contributed by atoms with Gasteiger partial charge < -0.3 is 10.2 Å². The first-order chi connectivity index (χ1) is 7.31. The number of nitrogens with one attached hydrogen (secondary N) is 1. The molecule has 1 heterocycles. The summed E-state index contributed by atoms with van der Waals surface area (Å²) in [4.78, 5) is 13.4. The van der Waals surface area contributed by atoms with Crippen molar-refractivity contribution >= 4 is 17.3 Å². The number of hydrogen-bond donors (Lipinski definition) is 1. The highest BCUT2D eigenvalue weighted by molar-refractivity contribution is 5.95. The van der Waals surface area contributed by atoms with Crippen LogP contribution in [0, 0.1) is 0 Å². The zero-order chi connectivity index (χ0) is 10.7. The molecule has 1 fully saturated rings. The van der Waals surface area contributed by atoms with E-state index in [1.54, 1.807) is 0 Å². The maximum absolute atomic E-state index is 11.5. The Morgan fingerprint density at radius 3 is 2.60 bits per heavy atom. The molecule has 0 bridgehead atoms. The summed E-state index contributed by atoms with van der Waals surface area (Å²) in [6, 6.07) is 8.04. The lowest BCUT2D eigenvalue weighted by Crippen LogP contribution is -2.23. The van der Waals surface area contributed by atoms with E-state index >= 15 is 0 Å². The Bertz CT molecular complexity index is 345. The third kappa shape index (κ3) is 2.12. The smallest absolute Gasteiger partial charge is 0.227 e. The third-order valence-corrected chi connectivity index (χ3v) is 2.63. The molecule has 1 aliphatic rings. The predicted octanol–water partition coefficient (Wildman–Crippen LogP) is 2.25. The van der Waals surface area contributed by atoms with Crippen LogP contribution in [0.1, 0.15) is 19.8 Å². The van der Waals surface area contributed by atoms with E-state index in [2.05, 4.69) is 12.2 Å². The second-order valence-electron chi connectivity index (χ2n) is 3.73. The molecule has 0 atom stereocenters. The Balaban J connectivity index is 2.12. The monoisotopic (exact) mass is 204 g/mol. The van der Waals surface area contributed by atoms with Crippen LogP contribution in [0.5, 0.6) is 0 Å². The van der Waals surface area contributed by atoms with Crippen LogP contribution in [0.2, 0.25) is 0 Å². The van der Waals surface area contributed by atoms with Crippen molar-refractivity contribution in [2.45, 2.75) is 19.8 Å². The first-order valence-electron chi connectivity index (χ1n) is 5.45. The predicted molar refractivity (Wildman–Crippen MR) is 62.2 cm³/mol. The summed E-state index contributed by atoms with van der Waals surface area (Å²) in [7, 11) is 0. The molecule has 0 aromatic heterocycles. The molecular formula is C12H16N2O. The average Bonchev–Trinajstić information content (AvgIpc) is 2.66. The van der Waals surface area contributed by atoms with E-state index in [4.69, 9.17) is 0 Å². The quantitative estimate of drug-likeness (QED) is 0.819. The van der Waals surface area contributed by atoms with Crippen LogP contribution in [-0.4, -0.2) is 19.0 Å². The summed E-state index contributed by atoms with van der Waals surface area (Å²) in [5.74, 6) is 0.242. The van der Waals surface area contributed by atoms with E-state index in [0.717, 1.165) is 30.9 Å². The SMILES string of the molecule is CCNc1ccc(N2CCCC2=O)cc1. The highest BCUT2D eigenvalue weighted by Crippen LogP contribution is 2.22. The van der Waals surface area contributed by atoms with Crippen LogP contribution in [0.3, 0.4) is 0 Å². The molecule has 80 valence electrons. The molecule has 1 saturated heterocycles. The maximum Gasteiger partial charge on any atom is 0.227 e. The number of carbonyl (C=O) groups excluding carboxylic acids is 1. The van der Waals surface area contributed by atoms with Crippen molar-refractivity contribution in [3.63, 3.8) is 0 Å². The minimum Gasteiger partial charge on any atom is -0.385 e. The summed E-state index contributed by atoms with van der Waals surface area (Å²) in [5, 5.41) is 3.23. The van der Waals surface area contributed by atoms with Crippen LogP contribution < -0.4 is 10.2 Å². The molecule has 2 rings (SSSR count). The molecule has 0 radical (unpaired) electrons. The lowest BCUT2D eigenvalue weighted by molar-refractivity contribution is -0.117. The Morgan fingerprint density at radius 1 is 1.33 bits per heavy atom. The molecule has 15 heavy (non-hydrogen) atoms. The molecule has 1 amide bonds. The van der Waals surface area contributed by atoms with Crippen LogP contribution in [0.4, 0.5) is 11.4 Å². The zero-order valence-electron chi connectivity index (χ0n) is 8.99. The van der Waals surface area contributed by atoms with Crippen molar-refractivity contribution in [3.05, 3.63) is 24.3 Å². The number of amides is 1. The first-order valence-corrected chi connectivity index (χ1v) is 5.45. The molecule has 0 spiro atoms. The van der Waals surface area contributed by atoms with Gasteiger partial charge in [-0.3, -0.25) is 4.79 Å². The van der Waals surface area contributed by atoms with Gasteiger partial charge in [-0.25, -0.2) is 0 Å². The standard InChI is InChI=1S/C12H16N2O/c1-2-13-10-5-7-11(8-6-10)14-9-3-4-12(14)15/h5-8,13H,2-4,9H2,1H3. The molecule has 0 unspecified atom stereocenters. The highest BCUT2D eigenvalue weighted by Gasteiger charge is 2.21. The van der Waals surface area contributed by atoms with Gasteiger partial charge in [0, 0.05) is 30.9 Å². The lowest BCUT2D eigenvalue weighted by Gasteiger charge is -2.16. The van der Waals surface area contributed by atoms with Crippen molar-refractivity contribution < 1.29 is 4.79 Å². The minimum absolute atomic E-state index is 0.242. The van der Waals surface area contributed by atoms with Gasteiger partial charge in [-0.15, -0.1) is 0 Å². The first kappa shape index (κ1) is 10.0. The number of carbonyl (C=O) groups is 1. The van der Waals surface area contributed by atoms with E-state index in [0.29, 0.717) is 6.42 Å². The topological polar surface area (TPSA) is 32.3 Å². The maximum atomic E-state index is 11.5. The van der Waals surface area contributed by atoms with Crippen molar-refractivity contribution in [1.29, 1.82) is 0 Å². The van der Waals surface area contributed by atoms with Gasteiger partial charge in [0.2, 0.25) is 5.91 Å². The molecule has 0 aliphatic carbocycles. The van der Waals surface area contributed by atoms with Crippen molar-refractivity contribution in [2.75, 3.05) is 23.3 Å². The summed E-state index contributed by atoms with van der Waals surface area (Å²) < 4.78 is 0. The van der Waals surface area contributed by atoms with Crippen molar-refractivity contribution in [3.8, 4) is 0 Å². The number of hydrogen-bond acceptors (Lipinski definition) is 2.